The molecule has 1 fully saturated rings. The first-order chi connectivity index (χ1) is 14.0. The van der Waals surface area contributed by atoms with E-state index in [4.69, 9.17) is 10.2 Å². The van der Waals surface area contributed by atoms with Crippen molar-refractivity contribution in [1.29, 1.82) is 0 Å². The zero-order chi connectivity index (χ0) is 20.4. The Morgan fingerprint density at radius 1 is 1.24 bits per heavy atom. The van der Waals surface area contributed by atoms with E-state index in [-0.39, 0.29) is 11.8 Å². The van der Waals surface area contributed by atoms with E-state index in [1.165, 1.54) is 5.56 Å². The highest BCUT2D eigenvalue weighted by molar-refractivity contribution is 5.77. The minimum Gasteiger partial charge on any atom is -0.481 e. The van der Waals surface area contributed by atoms with Crippen LogP contribution >= 0.6 is 0 Å². The van der Waals surface area contributed by atoms with Gasteiger partial charge in [-0.1, -0.05) is 6.07 Å². The molecule has 0 aromatic carbocycles. The number of carboxylic acids is 1. The number of carboxylic acid groups (broad SMARTS) is 1. The number of hydrogen-bond acceptors (Lipinski definition) is 4. The average molecular weight is 396 g/mol. The van der Waals surface area contributed by atoms with E-state index >= 15 is 0 Å². The van der Waals surface area contributed by atoms with Crippen molar-refractivity contribution in [2.45, 2.75) is 58.5 Å². The van der Waals surface area contributed by atoms with Gasteiger partial charge in [0.15, 0.2) is 0 Å². The maximum Gasteiger partial charge on any atom is 0.306 e. The normalized spacial score (nSPS) is 21.6. The molecule has 2 aromatic rings. The lowest BCUT2D eigenvalue weighted by Crippen LogP contribution is -2.38. The Balaban J connectivity index is 1.40. The van der Waals surface area contributed by atoms with Crippen molar-refractivity contribution in [3.05, 3.63) is 47.0 Å². The number of rotatable bonds is 5. The number of pyridine rings is 1. The van der Waals surface area contributed by atoms with Gasteiger partial charge in [0.25, 0.3) is 0 Å². The summed E-state index contributed by atoms with van der Waals surface area (Å²) in [6.45, 7) is 4.03. The van der Waals surface area contributed by atoms with Crippen LogP contribution in [0.2, 0.25) is 0 Å². The standard InChI is InChI=1S/C22H28N4O3/c1-15-19-8-10-25(21(27)11-16-4-6-18(7-5-16)22(28)29)14-20(19)26(24-15)13-17-3-2-9-23-12-17/h2-3,9,12,16,18H,4-8,10-11,13-14H2,1H3,(H,28,29). The van der Waals surface area contributed by atoms with Crippen LogP contribution in [0, 0.1) is 18.8 Å². The van der Waals surface area contributed by atoms with E-state index < -0.39 is 5.97 Å². The molecule has 0 radical (unpaired) electrons. The van der Waals surface area contributed by atoms with Gasteiger partial charge in [-0.05, 0) is 62.1 Å². The van der Waals surface area contributed by atoms with E-state index in [2.05, 4.69) is 4.98 Å². The second-order valence-corrected chi connectivity index (χ2v) is 8.35. The molecule has 1 aliphatic heterocycles. The van der Waals surface area contributed by atoms with Crippen LogP contribution < -0.4 is 0 Å². The number of hydrogen-bond donors (Lipinski definition) is 1. The summed E-state index contributed by atoms with van der Waals surface area (Å²) >= 11 is 0. The smallest absolute Gasteiger partial charge is 0.306 e. The summed E-state index contributed by atoms with van der Waals surface area (Å²) in [4.78, 5) is 30.2. The van der Waals surface area contributed by atoms with Crippen LogP contribution in [0.25, 0.3) is 0 Å². The first kappa shape index (κ1) is 19.6. The van der Waals surface area contributed by atoms with Crippen LogP contribution in [-0.2, 0) is 29.1 Å². The Hall–Kier alpha value is -2.70. The second-order valence-electron chi connectivity index (χ2n) is 8.35. The minimum absolute atomic E-state index is 0.182. The van der Waals surface area contributed by atoms with E-state index in [0.717, 1.165) is 42.8 Å². The van der Waals surface area contributed by atoms with Crippen LogP contribution in [0.4, 0.5) is 0 Å². The van der Waals surface area contributed by atoms with Crippen LogP contribution in [0.5, 0.6) is 0 Å². The Labute approximate surface area is 170 Å². The van der Waals surface area contributed by atoms with Crippen molar-refractivity contribution in [2.24, 2.45) is 11.8 Å². The first-order valence-corrected chi connectivity index (χ1v) is 10.5. The van der Waals surface area contributed by atoms with Gasteiger partial charge in [-0.3, -0.25) is 19.3 Å². The molecule has 2 aromatic heterocycles. The number of carbonyl (C=O) groups is 2. The van der Waals surface area contributed by atoms with Gasteiger partial charge < -0.3 is 10.0 Å². The number of aryl methyl sites for hydroxylation is 1. The maximum absolute atomic E-state index is 12.9. The average Bonchev–Trinajstić information content (AvgIpc) is 3.04. The molecule has 2 aliphatic rings. The predicted molar refractivity (Wildman–Crippen MR) is 107 cm³/mol. The molecule has 7 nitrogen and oxygen atoms in total. The Kier molecular flexibility index (Phi) is 5.65. The molecule has 29 heavy (non-hydrogen) atoms. The highest BCUT2D eigenvalue weighted by Crippen LogP contribution is 2.32. The number of nitrogens with zero attached hydrogens (tertiary/aromatic N) is 4. The zero-order valence-corrected chi connectivity index (χ0v) is 16.9. The monoisotopic (exact) mass is 396 g/mol. The minimum atomic E-state index is -0.699. The van der Waals surface area contributed by atoms with Crippen molar-refractivity contribution < 1.29 is 14.7 Å². The fourth-order valence-corrected chi connectivity index (χ4v) is 4.67. The van der Waals surface area contributed by atoms with Crippen LogP contribution in [0.1, 0.15) is 54.6 Å². The van der Waals surface area contributed by atoms with Crippen molar-refractivity contribution in [3.63, 3.8) is 0 Å². The third-order valence-corrected chi connectivity index (χ3v) is 6.41. The third kappa shape index (κ3) is 4.33. The molecule has 3 heterocycles. The van der Waals surface area contributed by atoms with Crippen molar-refractivity contribution in [2.75, 3.05) is 6.54 Å². The number of carbonyl (C=O) groups excluding carboxylic acids is 1. The van der Waals surface area contributed by atoms with Gasteiger partial charge in [-0.2, -0.15) is 5.10 Å². The number of aromatic nitrogens is 3. The lowest BCUT2D eigenvalue weighted by Gasteiger charge is -2.31. The molecule has 1 saturated carbocycles. The summed E-state index contributed by atoms with van der Waals surface area (Å²) in [6.07, 6.45) is 8.02. The van der Waals surface area contributed by atoms with Gasteiger partial charge in [0, 0.05) is 25.4 Å². The molecule has 1 N–H and O–H groups in total. The lowest BCUT2D eigenvalue weighted by molar-refractivity contribution is -0.143. The van der Waals surface area contributed by atoms with E-state index in [1.807, 2.05) is 34.8 Å². The van der Waals surface area contributed by atoms with Crippen LogP contribution in [-0.4, -0.2) is 43.2 Å². The molecule has 0 bridgehead atoms. The summed E-state index contributed by atoms with van der Waals surface area (Å²) in [6, 6.07) is 3.96. The van der Waals surface area contributed by atoms with Gasteiger partial charge in [0.2, 0.25) is 5.91 Å². The molecule has 4 rings (SSSR count). The summed E-state index contributed by atoms with van der Waals surface area (Å²) in [5, 5.41) is 13.9. The molecule has 0 atom stereocenters. The van der Waals surface area contributed by atoms with Gasteiger partial charge in [-0.25, -0.2) is 0 Å². The highest BCUT2D eigenvalue weighted by Gasteiger charge is 2.30. The van der Waals surface area contributed by atoms with E-state index in [0.29, 0.717) is 38.3 Å². The summed E-state index contributed by atoms with van der Waals surface area (Å²) in [7, 11) is 0. The topological polar surface area (TPSA) is 88.3 Å². The molecule has 0 saturated heterocycles. The lowest BCUT2D eigenvalue weighted by atomic mass is 9.80. The Morgan fingerprint density at radius 2 is 2.03 bits per heavy atom. The molecule has 7 heteroatoms. The molecular weight excluding hydrogens is 368 g/mol. The van der Waals surface area contributed by atoms with Crippen molar-refractivity contribution in [1.82, 2.24) is 19.7 Å². The van der Waals surface area contributed by atoms with E-state index in [1.54, 1.807) is 6.20 Å². The quantitative estimate of drug-likeness (QED) is 0.840. The van der Waals surface area contributed by atoms with Crippen LogP contribution in [0.3, 0.4) is 0 Å². The fourth-order valence-electron chi connectivity index (χ4n) is 4.67. The molecule has 1 aliphatic carbocycles. The van der Waals surface area contributed by atoms with Crippen molar-refractivity contribution in [3.8, 4) is 0 Å². The van der Waals surface area contributed by atoms with E-state index in [9.17, 15) is 9.59 Å². The molecule has 0 spiro atoms. The predicted octanol–water partition coefficient (Wildman–Crippen LogP) is 2.80. The summed E-state index contributed by atoms with van der Waals surface area (Å²) in [5.74, 6) is -0.443. The fraction of sp³-hybridized carbons (Fsp3) is 0.545. The van der Waals surface area contributed by atoms with Gasteiger partial charge in [-0.15, -0.1) is 0 Å². The zero-order valence-electron chi connectivity index (χ0n) is 16.9. The molecule has 154 valence electrons. The summed E-state index contributed by atoms with van der Waals surface area (Å²) in [5.41, 5.74) is 4.53. The molecule has 0 unspecified atom stereocenters. The molecular formula is C22H28N4O3. The largest absolute Gasteiger partial charge is 0.481 e. The van der Waals surface area contributed by atoms with Gasteiger partial charge >= 0.3 is 5.97 Å². The Morgan fingerprint density at radius 3 is 2.72 bits per heavy atom. The number of aliphatic carboxylic acids is 1. The van der Waals surface area contributed by atoms with Crippen molar-refractivity contribution >= 4 is 11.9 Å². The SMILES string of the molecule is Cc1nn(Cc2cccnc2)c2c1CCN(C(=O)CC1CCC(C(=O)O)CC1)C2. The van der Waals surface area contributed by atoms with Crippen LogP contribution in [0.15, 0.2) is 24.5 Å². The summed E-state index contributed by atoms with van der Waals surface area (Å²) < 4.78 is 2.01. The first-order valence-electron chi connectivity index (χ1n) is 10.5. The number of amides is 1. The third-order valence-electron chi connectivity index (χ3n) is 6.41. The Bertz CT molecular complexity index is 885. The maximum atomic E-state index is 12.9. The second kappa shape index (κ2) is 8.35. The van der Waals surface area contributed by atoms with Gasteiger partial charge in [0.05, 0.1) is 30.4 Å². The number of fused-ring (bicyclic) bond motifs is 1. The highest BCUT2D eigenvalue weighted by atomic mass is 16.4. The van der Waals surface area contributed by atoms with Gasteiger partial charge in [0.1, 0.15) is 0 Å². The molecule has 1 amide bonds.